The van der Waals surface area contributed by atoms with E-state index in [1.54, 1.807) is 13.1 Å². The Balaban J connectivity index is 1.50. The van der Waals surface area contributed by atoms with Gasteiger partial charge in [0.15, 0.2) is 17.3 Å². The van der Waals surface area contributed by atoms with Crippen molar-refractivity contribution in [3.05, 3.63) is 41.3 Å². The van der Waals surface area contributed by atoms with Crippen molar-refractivity contribution in [2.24, 2.45) is 7.05 Å². The van der Waals surface area contributed by atoms with E-state index in [9.17, 15) is 19.2 Å². The largest absolute Gasteiger partial charge is 0.486 e. The van der Waals surface area contributed by atoms with Gasteiger partial charge in [-0.3, -0.25) is 19.1 Å². The number of fused-ring (bicyclic) bond motifs is 2. The third-order valence-corrected chi connectivity index (χ3v) is 5.15. The summed E-state index contributed by atoms with van der Waals surface area (Å²) in [6, 6.07) is 5.44. The number of nitrogens with zero attached hydrogens (tertiary/aromatic N) is 4. The van der Waals surface area contributed by atoms with Gasteiger partial charge in [0.1, 0.15) is 35.5 Å². The van der Waals surface area contributed by atoms with Crippen molar-refractivity contribution in [3.63, 3.8) is 0 Å². The Morgan fingerprint density at radius 1 is 1.18 bits per heavy atom. The summed E-state index contributed by atoms with van der Waals surface area (Å²) in [5.41, 5.74) is 2.39. The fourth-order valence-electron chi connectivity index (χ4n) is 3.55. The second kappa shape index (κ2) is 9.15. The highest BCUT2D eigenvalue weighted by Crippen LogP contribution is 2.25. The van der Waals surface area contributed by atoms with E-state index < -0.39 is 5.91 Å². The predicted molar refractivity (Wildman–Crippen MR) is 117 cm³/mol. The fraction of sp³-hybridized carbons (Fsp3) is 0.318. The number of hydrogen-bond donors (Lipinski definition) is 2. The first-order valence-electron chi connectivity index (χ1n) is 10.3. The number of ketones is 2. The van der Waals surface area contributed by atoms with Crippen LogP contribution in [0.25, 0.3) is 11.0 Å². The van der Waals surface area contributed by atoms with Gasteiger partial charge in [-0.25, -0.2) is 9.97 Å². The molecule has 0 bridgehead atoms. The Bertz CT molecular complexity index is 1280. The number of rotatable bonds is 7. The molecule has 3 heterocycles. The van der Waals surface area contributed by atoms with Crippen LogP contribution in [0.15, 0.2) is 24.5 Å². The van der Waals surface area contributed by atoms with Crippen molar-refractivity contribution in [2.75, 3.05) is 11.9 Å². The Morgan fingerprint density at radius 2 is 2.00 bits per heavy atom. The van der Waals surface area contributed by atoms with Gasteiger partial charge in [0.05, 0.1) is 0 Å². The van der Waals surface area contributed by atoms with Gasteiger partial charge in [-0.2, -0.15) is 5.10 Å². The molecule has 3 aromatic rings. The van der Waals surface area contributed by atoms with Crippen molar-refractivity contribution in [3.8, 4) is 5.75 Å². The van der Waals surface area contributed by atoms with Crippen LogP contribution in [0.2, 0.25) is 0 Å². The summed E-state index contributed by atoms with van der Waals surface area (Å²) in [6.45, 7) is 1.72. The van der Waals surface area contributed by atoms with E-state index in [-0.39, 0.29) is 55.0 Å². The van der Waals surface area contributed by atoms with Crippen LogP contribution in [0, 0.1) is 0 Å². The molecule has 0 radical (unpaired) electrons. The van der Waals surface area contributed by atoms with Crippen molar-refractivity contribution in [1.82, 2.24) is 25.1 Å². The molecule has 1 aliphatic rings. The van der Waals surface area contributed by atoms with E-state index in [0.717, 1.165) is 11.1 Å². The normalized spacial score (nSPS) is 12.7. The molecule has 0 aliphatic carbocycles. The minimum atomic E-state index is -0.440. The average molecular weight is 450 g/mol. The minimum Gasteiger partial charge on any atom is -0.486 e. The topological polar surface area (TPSA) is 145 Å². The molecule has 33 heavy (non-hydrogen) atoms. The number of aromatic nitrogens is 4. The zero-order valence-corrected chi connectivity index (χ0v) is 18.2. The summed E-state index contributed by atoms with van der Waals surface area (Å²) in [5, 5.41) is 9.69. The molecule has 4 rings (SSSR count). The summed E-state index contributed by atoms with van der Waals surface area (Å²) in [4.78, 5) is 56.0. The lowest BCUT2D eigenvalue weighted by atomic mass is 10.0. The molecule has 0 saturated heterocycles. The first-order valence-corrected chi connectivity index (χ1v) is 10.3. The van der Waals surface area contributed by atoms with Crippen LogP contribution in [0.5, 0.6) is 5.75 Å². The molecule has 11 heteroatoms. The fourth-order valence-corrected chi connectivity index (χ4v) is 3.55. The van der Waals surface area contributed by atoms with Crippen LogP contribution in [0.4, 0.5) is 5.82 Å². The number of aryl methyl sites for hydroxylation is 1. The van der Waals surface area contributed by atoms with Crippen LogP contribution >= 0.6 is 0 Å². The number of Topliss-reactive ketones (excluding diaryl/α,β-unsaturated/α-hetero) is 2. The Labute approximate surface area is 188 Å². The maximum atomic E-state index is 12.9. The van der Waals surface area contributed by atoms with Gasteiger partial charge in [-0.15, -0.1) is 0 Å². The number of ether oxygens (including phenoxy) is 1. The van der Waals surface area contributed by atoms with Gasteiger partial charge < -0.3 is 20.2 Å². The maximum Gasteiger partial charge on any atom is 0.272 e. The number of amides is 2. The van der Waals surface area contributed by atoms with Crippen molar-refractivity contribution < 1.29 is 23.9 Å². The number of benzene rings is 1. The molecular weight excluding hydrogens is 428 g/mol. The van der Waals surface area contributed by atoms with Crippen molar-refractivity contribution >= 4 is 40.2 Å². The summed E-state index contributed by atoms with van der Waals surface area (Å²) in [5.74, 6) is -0.0239. The van der Waals surface area contributed by atoms with Gasteiger partial charge >= 0.3 is 0 Å². The number of anilines is 1. The van der Waals surface area contributed by atoms with E-state index in [2.05, 4.69) is 25.7 Å². The first kappa shape index (κ1) is 22.1. The second-order valence-electron chi connectivity index (χ2n) is 7.77. The third kappa shape index (κ3) is 4.86. The van der Waals surface area contributed by atoms with E-state index in [0.29, 0.717) is 23.2 Å². The van der Waals surface area contributed by atoms with Crippen LogP contribution in [-0.4, -0.2) is 49.7 Å². The Hall–Kier alpha value is -4.15. The molecular formula is C22H22N6O5. The van der Waals surface area contributed by atoms with Gasteiger partial charge in [0.2, 0.25) is 5.91 Å². The number of carbonyl (C=O) groups is 4. The van der Waals surface area contributed by atoms with Crippen LogP contribution < -0.4 is 15.4 Å². The monoisotopic (exact) mass is 450 g/mol. The SMILES string of the molecule is CC(=O)CCC(=O)Nc1nn(C)c2c(C(=O)NCc3ccc4c(c3)CC(=O)CO4)ncnc12. The zero-order valence-electron chi connectivity index (χ0n) is 18.2. The first-order chi connectivity index (χ1) is 15.8. The summed E-state index contributed by atoms with van der Waals surface area (Å²) in [7, 11) is 1.62. The molecule has 170 valence electrons. The van der Waals surface area contributed by atoms with Gasteiger partial charge in [-0.05, 0) is 24.6 Å². The summed E-state index contributed by atoms with van der Waals surface area (Å²) < 4.78 is 6.82. The second-order valence-corrected chi connectivity index (χ2v) is 7.77. The van der Waals surface area contributed by atoms with Gasteiger partial charge in [-0.1, -0.05) is 6.07 Å². The highest BCUT2D eigenvalue weighted by molar-refractivity contribution is 6.07. The third-order valence-electron chi connectivity index (χ3n) is 5.15. The maximum absolute atomic E-state index is 12.9. The lowest BCUT2D eigenvalue weighted by Gasteiger charge is -2.17. The predicted octanol–water partition coefficient (Wildman–Crippen LogP) is 1.10. The Morgan fingerprint density at radius 3 is 2.79 bits per heavy atom. The Kier molecular flexibility index (Phi) is 6.11. The van der Waals surface area contributed by atoms with Crippen molar-refractivity contribution in [2.45, 2.75) is 32.7 Å². The quantitative estimate of drug-likeness (QED) is 0.544. The van der Waals surface area contributed by atoms with Crippen LogP contribution in [0.1, 0.15) is 41.4 Å². The molecule has 2 aromatic heterocycles. The smallest absolute Gasteiger partial charge is 0.272 e. The van der Waals surface area contributed by atoms with E-state index in [4.69, 9.17) is 4.74 Å². The lowest BCUT2D eigenvalue weighted by molar-refractivity contribution is -0.121. The number of nitrogens with one attached hydrogen (secondary N) is 2. The molecule has 2 N–H and O–H groups in total. The van der Waals surface area contributed by atoms with Gasteiger partial charge in [0, 0.05) is 38.4 Å². The van der Waals surface area contributed by atoms with Crippen molar-refractivity contribution in [1.29, 1.82) is 0 Å². The number of carbonyl (C=O) groups excluding carboxylic acids is 4. The zero-order chi connectivity index (χ0) is 23.5. The standard InChI is InChI=1S/C22H22N6O5/c1-12(29)3-6-17(31)26-21-18-20(28(2)27-21)19(25-11-24-18)22(32)23-9-13-4-5-16-14(7-13)8-15(30)10-33-16/h4-5,7,11H,3,6,8-10H2,1-2H3,(H,23,32)(H,26,27,31). The van der Waals surface area contributed by atoms with E-state index in [1.165, 1.54) is 17.9 Å². The molecule has 1 aliphatic heterocycles. The van der Waals surface area contributed by atoms with E-state index in [1.807, 2.05) is 12.1 Å². The molecule has 2 amide bonds. The molecule has 0 fully saturated rings. The summed E-state index contributed by atoms with van der Waals surface area (Å²) in [6.07, 6.45) is 1.69. The number of hydrogen-bond acceptors (Lipinski definition) is 8. The van der Waals surface area contributed by atoms with E-state index >= 15 is 0 Å². The molecule has 0 unspecified atom stereocenters. The summed E-state index contributed by atoms with van der Waals surface area (Å²) >= 11 is 0. The molecule has 0 atom stereocenters. The highest BCUT2D eigenvalue weighted by Gasteiger charge is 2.21. The van der Waals surface area contributed by atoms with Crippen LogP contribution in [0.3, 0.4) is 0 Å². The van der Waals surface area contributed by atoms with Crippen LogP contribution in [-0.2, 0) is 34.4 Å². The molecule has 0 spiro atoms. The highest BCUT2D eigenvalue weighted by atomic mass is 16.5. The molecule has 0 saturated carbocycles. The minimum absolute atomic E-state index is 0.00691. The molecule has 1 aromatic carbocycles. The lowest BCUT2D eigenvalue weighted by Crippen LogP contribution is -2.25. The molecule has 11 nitrogen and oxygen atoms in total. The average Bonchev–Trinajstić information content (AvgIpc) is 3.11. The van der Waals surface area contributed by atoms with Gasteiger partial charge in [0.25, 0.3) is 5.91 Å².